The lowest BCUT2D eigenvalue weighted by molar-refractivity contribution is -0.116. The number of rotatable bonds is 4. The van der Waals surface area contributed by atoms with Crippen LogP contribution in [0.1, 0.15) is 5.69 Å². The minimum atomic E-state index is -0.354. The number of pyridine rings is 1. The van der Waals surface area contributed by atoms with Gasteiger partial charge in [-0.2, -0.15) is 0 Å². The number of aryl methyl sites for hydroxylation is 1. The topological polar surface area (TPSA) is 95.3 Å². The Bertz CT molecular complexity index is 1080. The van der Waals surface area contributed by atoms with Crippen LogP contribution in [0.3, 0.4) is 0 Å². The molecule has 0 bridgehead atoms. The third-order valence-corrected chi connectivity index (χ3v) is 4.02. The number of hydrogen-bond acceptors (Lipinski definition) is 6. The summed E-state index contributed by atoms with van der Waals surface area (Å²) in [4.78, 5) is 33.0. The molecule has 1 aliphatic rings. The molecule has 0 atom stereocenters. The molecule has 1 N–H and O–H groups in total. The SMILES string of the molecule is Cc1cccc(NC(=O)Cn2cnc(-c3ccc4c(c3)OCO4)cc2=O)n1. The second-order valence-electron chi connectivity index (χ2n) is 6.02. The van der Waals surface area contributed by atoms with Gasteiger partial charge in [0.2, 0.25) is 12.7 Å². The number of anilines is 1. The first kappa shape index (κ1) is 16.8. The van der Waals surface area contributed by atoms with Crippen LogP contribution in [0, 0.1) is 6.92 Å². The lowest BCUT2D eigenvalue weighted by atomic mass is 10.1. The van der Waals surface area contributed by atoms with E-state index in [2.05, 4.69) is 15.3 Å². The number of benzene rings is 1. The van der Waals surface area contributed by atoms with Gasteiger partial charge >= 0.3 is 0 Å². The van der Waals surface area contributed by atoms with Crippen LogP contribution in [0.2, 0.25) is 0 Å². The van der Waals surface area contributed by atoms with Crippen molar-refractivity contribution in [3.8, 4) is 22.8 Å². The fraction of sp³-hybridized carbons (Fsp3) is 0.158. The molecule has 1 aliphatic heterocycles. The predicted octanol–water partition coefficient (Wildman–Crippen LogP) is 1.98. The molecule has 1 aromatic carbocycles. The highest BCUT2D eigenvalue weighted by atomic mass is 16.7. The average molecular weight is 364 g/mol. The first-order chi connectivity index (χ1) is 13.1. The summed E-state index contributed by atoms with van der Waals surface area (Å²) in [6.07, 6.45) is 1.35. The first-order valence-electron chi connectivity index (χ1n) is 8.28. The van der Waals surface area contributed by atoms with Gasteiger partial charge < -0.3 is 14.8 Å². The van der Waals surface area contributed by atoms with Crippen molar-refractivity contribution in [3.63, 3.8) is 0 Å². The summed E-state index contributed by atoms with van der Waals surface area (Å²) >= 11 is 0. The number of aromatic nitrogens is 3. The predicted molar refractivity (Wildman–Crippen MR) is 97.7 cm³/mol. The molecule has 136 valence electrons. The Hall–Kier alpha value is -3.68. The molecule has 8 nitrogen and oxygen atoms in total. The Balaban J connectivity index is 1.50. The highest BCUT2D eigenvalue weighted by molar-refractivity contribution is 5.89. The summed E-state index contributed by atoms with van der Waals surface area (Å²) in [6.45, 7) is 1.86. The van der Waals surface area contributed by atoms with Crippen LogP contribution < -0.4 is 20.3 Å². The average Bonchev–Trinajstić information content (AvgIpc) is 3.11. The van der Waals surface area contributed by atoms with E-state index < -0.39 is 0 Å². The smallest absolute Gasteiger partial charge is 0.254 e. The molecule has 3 aromatic rings. The zero-order chi connectivity index (χ0) is 18.8. The minimum absolute atomic E-state index is 0.150. The van der Waals surface area contributed by atoms with E-state index in [1.165, 1.54) is 17.0 Å². The van der Waals surface area contributed by atoms with Crippen LogP contribution in [-0.2, 0) is 11.3 Å². The van der Waals surface area contributed by atoms with Crippen LogP contribution >= 0.6 is 0 Å². The summed E-state index contributed by atoms with van der Waals surface area (Å²) in [5, 5.41) is 2.67. The lowest BCUT2D eigenvalue weighted by Gasteiger charge is -2.08. The second-order valence-corrected chi connectivity index (χ2v) is 6.02. The molecule has 0 fully saturated rings. The fourth-order valence-corrected chi connectivity index (χ4v) is 2.71. The maximum atomic E-state index is 12.4. The van der Waals surface area contributed by atoms with E-state index in [-0.39, 0.29) is 24.8 Å². The summed E-state index contributed by atoms with van der Waals surface area (Å²) in [5.74, 6) is 1.36. The number of nitrogens with zero attached hydrogens (tertiary/aromatic N) is 3. The number of amides is 1. The molecule has 0 radical (unpaired) electrons. The standard InChI is InChI=1S/C19H16N4O4/c1-12-3-2-4-17(21-12)22-18(24)9-23-10-20-14(8-19(23)25)13-5-6-15-16(7-13)27-11-26-15/h2-8,10H,9,11H2,1H3,(H,21,22,24). The molecular formula is C19H16N4O4. The van der Waals surface area contributed by atoms with Crippen molar-refractivity contribution >= 4 is 11.7 Å². The van der Waals surface area contributed by atoms with Crippen molar-refractivity contribution in [2.45, 2.75) is 13.5 Å². The highest BCUT2D eigenvalue weighted by Gasteiger charge is 2.15. The van der Waals surface area contributed by atoms with E-state index in [4.69, 9.17) is 9.47 Å². The molecule has 1 amide bonds. The van der Waals surface area contributed by atoms with Gasteiger partial charge in [0.15, 0.2) is 11.5 Å². The number of hydrogen-bond donors (Lipinski definition) is 1. The van der Waals surface area contributed by atoms with E-state index in [1.807, 2.05) is 13.0 Å². The van der Waals surface area contributed by atoms with Crippen molar-refractivity contribution in [3.05, 3.63) is 64.8 Å². The van der Waals surface area contributed by atoms with Crippen molar-refractivity contribution in [1.82, 2.24) is 14.5 Å². The zero-order valence-electron chi connectivity index (χ0n) is 14.5. The maximum Gasteiger partial charge on any atom is 0.254 e. The summed E-state index contributed by atoms with van der Waals surface area (Å²) in [6, 6.07) is 12.0. The van der Waals surface area contributed by atoms with E-state index in [0.717, 1.165) is 11.3 Å². The molecule has 27 heavy (non-hydrogen) atoms. The van der Waals surface area contributed by atoms with Gasteiger partial charge in [0.1, 0.15) is 12.4 Å². The maximum absolute atomic E-state index is 12.4. The number of ether oxygens (including phenoxy) is 2. The van der Waals surface area contributed by atoms with Crippen molar-refractivity contribution in [2.75, 3.05) is 12.1 Å². The first-order valence-corrected chi connectivity index (χ1v) is 8.28. The summed E-state index contributed by atoms with van der Waals surface area (Å²) in [5.41, 5.74) is 1.69. The Kier molecular flexibility index (Phi) is 4.29. The van der Waals surface area contributed by atoms with Gasteiger partial charge in [0.05, 0.1) is 12.0 Å². The van der Waals surface area contributed by atoms with Gasteiger partial charge in [-0.1, -0.05) is 6.07 Å². The molecule has 2 aromatic heterocycles. The fourth-order valence-electron chi connectivity index (χ4n) is 2.71. The second kappa shape index (κ2) is 6.91. The van der Waals surface area contributed by atoms with E-state index in [9.17, 15) is 9.59 Å². The summed E-state index contributed by atoms with van der Waals surface area (Å²) < 4.78 is 11.9. The molecule has 3 heterocycles. The van der Waals surface area contributed by atoms with Crippen molar-refractivity contribution in [2.24, 2.45) is 0 Å². The lowest BCUT2D eigenvalue weighted by Crippen LogP contribution is -2.27. The minimum Gasteiger partial charge on any atom is -0.454 e. The van der Waals surface area contributed by atoms with Gasteiger partial charge in [-0.05, 0) is 37.3 Å². The molecule has 0 spiro atoms. The third kappa shape index (κ3) is 3.64. The molecule has 0 saturated heterocycles. The Morgan fingerprint density at radius 1 is 1.19 bits per heavy atom. The van der Waals surface area contributed by atoms with Gasteiger partial charge in [0.25, 0.3) is 5.56 Å². The van der Waals surface area contributed by atoms with Crippen LogP contribution in [0.4, 0.5) is 5.82 Å². The number of carbonyl (C=O) groups is 1. The zero-order valence-corrected chi connectivity index (χ0v) is 14.5. The van der Waals surface area contributed by atoms with Gasteiger partial charge in [0, 0.05) is 17.3 Å². The highest BCUT2D eigenvalue weighted by Crippen LogP contribution is 2.35. The number of fused-ring (bicyclic) bond motifs is 1. The van der Waals surface area contributed by atoms with E-state index in [1.54, 1.807) is 30.3 Å². The van der Waals surface area contributed by atoms with Gasteiger partial charge in [-0.25, -0.2) is 9.97 Å². The van der Waals surface area contributed by atoms with Gasteiger partial charge in [-0.15, -0.1) is 0 Å². The third-order valence-electron chi connectivity index (χ3n) is 4.02. The molecule has 0 saturated carbocycles. The van der Waals surface area contributed by atoms with Crippen LogP contribution in [-0.4, -0.2) is 27.2 Å². The monoisotopic (exact) mass is 364 g/mol. The van der Waals surface area contributed by atoms with E-state index >= 15 is 0 Å². The molecule has 0 aliphatic carbocycles. The molecular weight excluding hydrogens is 348 g/mol. The Morgan fingerprint density at radius 3 is 2.85 bits per heavy atom. The van der Waals surface area contributed by atoms with E-state index in [0.29, 0.717) is 23.0 Å². The molecule has 0 unspecified atom stereocenters. The Morgan fingerprint density at radius 2 is 2.04 bits per heavy atom. The Labute approximate surface area is 154 Å². The van der Waals surface area contributed by atoms with Gasteiger partial charge in [-0.3, -0.25) is 14.2 Å². The van der Waals surface area contributed by atoms with Crippen LogP contribution in [0.5, 0.6) is 11.5 Å². The number of nitrogens with one attached hydrogen (secondary N) is 1. The normalized spacial score (nSPS) is 12.0. The van der Waals surface area contributed by atoms with Crippen molar-refractivity contribution < 1.29 is 14.3 Å². The summed E-state index contributed by atoms with van der Waals surface area (Å²) in [7, 11) is 0. The molecule has 4 rings (SSSR count). The number of carbonyl (C=O) groups excluding carboxylic acids is 1. The van der Waals surface area contributed by atoms with Crippen LogP contribution in [0.25, 0.3) is 11.3 Å². The quantitative estimate of drug-likeness (QED) is 0.761. The van der Waals surface area contributed by atoms with Crippen molar-refractivity contribution in [1.29, 1.82) is 0 Å². The largest absolute Gasteiger partial charge is 0.454 e. The molecule has 8 heteroatoms. The van der Waals surface area contributed by atoms with Crippen LogP contribution in [0.15, 0.2) is 53.6 Å².